The zero-order valence-electron chi connectivity index (χ0n) is 9.61. The molecule has 2 rings (SSSR count). The molecule has 5 heteroatoms. The van der Waals surface area contributed by atoms with E-state index in [4.69, 9.17) is 5.73 Å². The highest BCUT2D eigenvalue weighted by Crippen LogP contribution is 2.25. The number of nitrogens with one attached hydrogen (secondary N) is 1. The molecule has 0 aromatic heterocycles. The van der Waals surface area contributed by atoms with Crippen LogP contribution in [-0.4, -0.2) is 41.9 Å². The first-order valence-electron chi connectivity index (χ1n) is 5.91. The number of amides is 2. The number of hydrogen-bond donors (Lipinski definition) is 2. The van der Waals surface area contributed by atoms with E-state index in [0.717, 1.165) is 19.4 Å². The van der Waals surface area contributed by atoms with Crippen LogP contribution in [0.2, 0.25) is 0 Å². The Labute approximate surface area is 95.3 Å². The maximum absolute atomic E-state index is 11.6. The predicted molar refractivity (Wildman–Crippen MR) is 59.5 cm³/mol. The average Bonchev–Trinajstić information content (AvgIpc) is 2.58. The SMILES string of the molecule is CC1CCC(CN)CN1C1CC(=O)NC1=O. The van der Waals surface area contributed by atoms with Crippen molar-refractivity contribution < 1.29 is 9.59 Å². The van der Waals surface area contributed by atoms with E-state index in [9.17, 15) is 9.59 Å². The first kappa shape index (κ1) is 11.5. The summed E-state index contributed by atoms with van der Waals surface area (Å²) >= 11 is 0. The molecule has 90 valence electrons. The summed E-state index contributed by atoms with van der Waals surface area (Å²) in [6.07, 6.45) is 2.48. The Morgan fingerprint density at radius 2 is 2.19 bits per heavy atom. The number of hydrogen-bond acceptors (Lipinski definition) is 4. The third kappa shape index (κ3) is 2.10. The van der Waals surface area contributed by atoms with Crippen molar-refractivity contribution in [3.63, 3.8) is 0 Å². The van der Waals surface area contributed by atoms with E-state index in [-0.39, 0.29) is 17.9 Å². The number of nitrogens with two attached hydrogens (primary N) is 1. The van der Waals surface area contributed by atoms with Crippen molar-refractivity contribution in [1.29, 1.82) is 0 Å². The standard InChI is InChI=1S/C11H19N3O2/c1-7-2-3-8(5-12)6-14(7)9-4-10(15)13-11(9)16/h7-9H,2-6,12H2,1H3,(H,13,15,16). The minimum absolute atomic E-state index is 0.144. The lowest BCUT2D eigenvalue weighted by Crippen LogP contribution is -2.51. The first-order valence-corrected chi connectivity index (χ1v) is 5.91. The van der Waals surface area contributed by atoms with Crippen molar-refractivity contribution in [1.82, 2.24) is 10.2 Å². The maximum Gasteiger partial charge on any atom is 0.244 e. The van der Waals surface area contributed by atoms with E-state index < -0.39 is 0 Å². The van der Waals surface area contributed by atoms with Gasteiger partial charge < -0.3 is 5.73 Å². The largest absolute Gasteiger partial charge is 0.330 e. The molecule has 0 spiro atoms. The van der Waals surface area contributed by atoms with Crippen LogP contribution in [0.3, 0.4) is 0 Å². The highest BCUT2D eigenvalue weighted by atomic mass is 16.2. The third-order valence-electron chi connectivity index (χ3n) is 3.71. The minimum atomic E-state index is -0.267. The molecule has 2 aliphatic rings. The van der Waals surface area contributed by atoms with Crippen LogP contribution < -0.4 is 11.1 Å². The van der Waals surface area contributed by atoms with Gasteiger partial charge in [-0.25, -0.2) is 0 Å². The van der Waals surface area contributed by atoms with E-state index in [1.807, 2.05) is 0 Å². The quantitative estimate of drug-likeness (QED) is 0.619. The average molecular weight is 225 g/mol. The monoisotopic (exact) mass is 225 g/mol. The van der Waals surface area contributed by atoms with Gasteiger partial charge in [0.25, 0.3) is 0 Å². The van der Waals surface area contributed by atoms with Gasteiger partial charge >= 0.3 is 0 Å². The number of carbonyl (C=O) groups is 2. The molecule has 0 saturated carbocycles. The lowest BCUT2D eigenvalue weighted by Gasteiger charge is -2.40. The van der Waals surface area contributed by atoms with E-state index in [0.29, 0.717) is 24.9 Å². The van der Waals surface area contributed by atoms with Crippen molar-refractivity contribution in [3.8, 4) is 0 Å². The normalized spacial score (nSPS) is 36.5. The molecule has 3 unspecified atom stereocenters. The highest BCUT2D eigenvalue weighted by Gasteiger charge is 2.39. The first-order chi connectivity index (χ1) is 7.61. The second-order valence-electron chi connectivity index (χ2n) is 4.86. The number of piperidine rings is 1. The molecule has 2 saturated heterocycles. The lowest BCUT2D eigenvalue weighted by atomic mass is 9.92. The van der Waals surface area contributed by atoms with E-state index in [2.05, 4.69) is 17.1 Å². The fourth-order valence-corrected chi connectivity index (χ4v) is 2.65. The van der Waals surface area contributed by atoms with Gasteiger partial charge in [0.05, 0.1) is 12.5 Å². The summed E-state index contributed by atoms with van der Waals surface area (Å²) in [5.74, 6) is 0.159. The molecule has 0 aromatic carbocycles. The van der Waals surface area contributed by atoms with Gasteiger partial charge in [-0.3, -0.25) is 19.8 Å². The Morgan fingerprint density at radius 1 is 1.44 bits per heavy atom. The van der Waals surface area contributed by atoms with E-state index in [1.165, 1.54) is 0 Å². The Balaban J connectivity index is 2.06. The zero-order chi connectivity index (χ0) is 11.7. The molecule has 3 atom stereocenters. The van der Waals surface area contributed by atoms with Crippen molar-refractivity contribution in [2.24, 2.45) is 11.7 Å². The summed E-state index contributed by atoms with van der Waals surface area (Å²) in [4.78, 5) is 24.9. The Kier molecular flexibility index (Phi) is 3.25. The second kappa shape index (κ2) is 4.51. The topological polar surface area (TPSA) is 75.4 Å². The highest BCUT2D eigenvalue weighted by molar-refractivity contribution is 6.05. The molecule has 0 bridgehead atoms. The molecule has 2 amide bonds. The summed E-state index contributed by atoms with van der Waals surface area (Å²) in [6.45, 7) is 3.61. The van der Waals surface area contributed by atoms with Crippen molar-refractivity contribution >= 4 is 11.8 Å². The molecule has 16 heavy (non-hydrogen) atoms. The van der Waals surface area contributed by atoms with Gasteiger partial charge in [0.1, 0.15) is 0 Å². The Bertz CT molecular complexity index is 306. The van der Waals surface area contributed by atoms with Crippen molar-refractivity contribution in [3.05, 3.63) is 0 Å². The molecule has 2 heterocycles. The molecule has 0 aliphatic carbocycles. The Hall–Kier alpha value is -0.940. The fourth-order valence-electron chi connectivity index (χ4n) is 2.65. The van der Waals surface area contributed by atoms with Crippen LogP contribution in [0.4, 0.5) is 0 Å². The summed E-state index contributed by atoms with van der Waals surface area (Å²) in [7, 11) is 0. The summed E-state index contributed by atoms with van der Waals surface area (Å²) < 4.78 is 0. The van der Waals surface area contributed by atoms with Gasteiger partial charge in [0.2, 0.25) is 11.8 Å². The molecular formula is C11H19N3O2. The van der Waals surface area contributed by atoms with Crippen LogP contribution in [0.15, 0.2) is 0 Å². The second-order valence-corrected chi connectivity index (χ2v) is 4.86. The molecule has 5 nitrogen and oxygen atoms in total. The molecule has 2 aliphatic heterocycles. The zero-order valence-corrected chi connectivity index (χ0v) is 9.61. The van der Waals surface area contributed by atoms with Gasteiger partial charge in [-0.05, 0) is 32.2 Å². The number of likely N-dealkylation sites (tertiary alicyclic amines) is 1. The van der Waals surface area contributed by atoms with Crippen LogP contribution >= 0.6 is 0 Å². The van der Waals surface area contributed by atoms with Gasteiger partial charge in [0.15, 0.2) is 0 Å². The number of rotatable bonds is 2. The van der Waals surface area contributed by atoms with Crippen LogP contribution in [0.25, 0.3) is 0 Å². The van der Waals surface area contributed by atoms with Gasteiger partial charge in [-0.15, -0.1) is 0 Å². The summed E-state index contributed by atoms with van der Waals surface area (Å²) in [5, 5.41) is 2.37. The van der Waals surface area contributed by atoms with Gasteiger partial charge in [-0.1, -0.05) is 0 Å². The van der Waals surface area contributed by atoms with E-state index in [1.54, 1.807) is 0 Å². The van der Waals surface area contributed by atoms with Gasteiger partial charge in [-0.2, -0.15) is 0 Å². The van der Waals surface area contributed by atoms with Gasteiger partial charge in [0, 0.05) is 12.6 Å². The number of imide groups is 1. The van der Waals surface area contributed by atoms with Crippen molar-refractivity contribution in [2.45, 2.75) is 38.3 Å². The predicted octanol–water partition coefficient (Wildman–Crippen LogP) is -0.539. The van der Waals surface area contributed by atoms with Crippen LogP contribution in [0.5, 0.6) is 0 Å². The molecule has 3 N–H and O–H groups in total. The van der Waals surface area contributed by atoms with Crippen LogP contribution in [-0.2, 0) is 9.59 Å². The molecule has 0 aromatic rings. The van der Waals surface area contributed by atoms with Crippen LogP contribution in [0, 0.1) is 5.92 Å². The minimum Gasteiger partial charge on any atom is -0.330 e. The van der Waals surface area contributed by atoms with Crippen molar-refractivity contribution in [2.75, 3.05) is 13.1 Å². The van der Waals surface area contributed by atoms with Crippen LogP contribution in [0.1, 0.15) is 26.2 Å². The molecular weight excluding hydrogens is 206 g/mol. The molecule has 0 radical (unpaired) electrons. The fraction of sp³-hybridized carbons (Fsp3) is 0.818. The Morgan fingerprint density at radius 3 is 2.75 bits per heavy atom. The number of carbonyl (C=O) groups excluding carboxylic acids is 2. The lowest BCUT2D eigenvalue weighted by molar-refractivity contribution is -0.127. The third-order valence-corrected chi connectivity index (χ3v) is 3.71. The smallest absolute Gasteiger partial charge is 0.244 e. The number of nitrogens with zero attached hydrogens (tertiary/aromatic N) is 1. The summed E-state index contributed by atoms with van der Waals surface area (Å²) in [6, 6.07) is 0.0984. The summed E-state index contributed by atoms with van der Waals surface area (Å²) in [5.41, 5.74) is 5.68. The maximum atomic E-state index is 11.6. The van der Waals surface area contributed by atoms with E-state index >= 15 is 0 Å². The molecule has 2 fully saturated rings.